The zero-order valence-electron chi connectivity index (χ0n) is 18.1. The van der Waals surface area contributed by atoms with Crippen molar-refractivity contribution in [3.05, 3.63) is 101 Å². The smallest absolute Gasteiger partial charge is 0.267 e. The minimum absolute atomic E-state index is 0.186. The summed E-state index contributed by atoms with van der Waals surface area (Å²) in [5, 5.41) is 1.11. The van der Waals surface area contributed by atoms with Crippen LogP contribution in [-0.4, -0.2) is 31.5 Å². The van der Waals surface area contributed by atoms with Gasteiger partial charge in [0.1, 0.15) is 0 Å². The Kier molecular flexibility index (Phi) is 6.63. The highest BCUT2D eigenvalue weighted by molar-refractivity contribution is 7.89. The second-order valence-electron chi connectivity index (χ2n) is 7.73. The van der Waals surface area contributed by atoms with E-state index in [1.807, 2.05) is 18.2 Å². The van der Waals surface area contributed by atoms with Crippen LogP contribution in [0.3, 0.4) is 0 Å². The van der Waals surface area contributed by atoms with Gasteiger partial charge in [0.05, 0.1) is 22.5 Å². The number of carbonyl (C=O) groups is 2. The van der Waals surface area contributed by atoms with Gasteiger partial charge in [-0.25, -0.2) is 13.4 Å². The number of pyridine rings is 1. The summed E-state index contributed by atoms with van der Waals surface area (Å²) in [6, 6.07) is 22.2. The lowest BCUT2D eigenvalue weighted by Gasteiger charge is -2.12. The highest BCUT2D eigenvalue weighted by atomic mass is 35.5. The van der Waals surface area contributed by atoms with Crippen molar-refractivity contribution in [2.45, 2.75) is 5.75 Å². The largest absolute Gasteiger partial charge is 0.270 e. The zero-order chi connectivity index (χ0) is 24.3. The number of benzene rings is 3. The van der Waals surface area contributed by atoms with E-state index in [1.54, 1.807) is 48.5 Å². The third kappa shape index (κ3) is 5.41. The van der Waals surface area contributed by atoms with Crippen LogP contribution in [0.4, 0.5) is 0 Å². The molecule has 0 bridgehead atoms. The Bertz CT molecular complexity index is 1520. The first-order valence-corrected chi connectivity index (χ1v) is 12.7. The fourth-order valence-electron chi connectivity index (χ4n) is 3.53. The normalized spacial score (nSPS) is 11.2. The van der Waals surface area contributed by atoms with Gasteiger partial charge in [-0.15, -0.1) is 0 Å². The highest BCUT2D eigenvalue weighted by Crippen LogP contribution is 2.29. The van der Waals surface area contributed by atoms with Gasteiger partial charge >= 0.3 is 0 Å². The number of rotatable bonds is 5. The molecule has 2 amide bonds. The van der Waals surface area contributed by atoms with E-state index < -0.39 is 21.7 Å². The summed E-state index contributed by atoms with van der Waals surface area (Å²) in [7, 11) is -3.25. The zero-order valence-corrected chi connectivity index (χ0v) is 19.7. The number of sulfone groups is 1. The third-order valence-electron chi connectivity index (χ3n) is 5.02. The van der Waals surface area contributed by atoms with Crippen LogP contribution < -0.4 is 10.9 Å². The molecule has 4 aromatic rings. The number of amides is 2. The molecule has 7 nitrogen and oxygen atoms in total. The number of aromatic nitrogens is 1. The minimum atomic E-state index is -3.25. The van der Waals surface area contributed by atoms with Gasteiger partial charge in [0.15, 0.2) is 9.84 Å². The summed E-state index contributed by atoms with van der Waals surface area (Å²) in [4.78, 5) is 30.3. The Labute approximate surface area is 201 Å². The van der Waals surface area contributed by atoms with Crippen molar-refractivity contribution >= 4 is 44.2 Å². The average Bonchev–Trinajstić information content (AvgIpc) is 2.81. The maximum Gasteiger partial charge on any atom is 0.270 e. The number of nitrogens with zero attached hydrogens (tertiary/aromatic N) is 1. The Morgan fingerprint density at radius 3 is 2.35 bits per heavy atom. The maximum absolute atomic E-state index is 13.1. The molecule has 3 aromatic carbocycles. The molecule has 34 heavy (non-hydrogen) atoms. The lowest BCUT2D eigenvalue weighted by Crippen LogP contribution is -2.41. The van der Waals surface area contributed by atoms with Crippen molar-refractivity contribution in [1.29, 1.82) is 0 Å². The van der Waals surface area contributed by atoms with Crippen molar-refractivity contribution < 1.29 is 18.0 Å². The number of para-hydroxylation sites is 1. The standard InChI is InChI=1S/C25H20ClN3O4S/c1-34(32,33)15-16-7-6-8-17(13-16)24(30)28-29-25(31)20-14-23(19-10-2-4-11-21(19)26)27-22-12-5-3-9-18(20)22/h2-14H,15H2,1H3,(H,28,30)(H,29,31). The van der Waals surface area contributed by atoms with Crippen LogP contribution in [0.5, 0.6) is 0 Å². The maximum atomic E-state index is 13.1. The number of hydrogen-bond acceptors (Lipinski definition) is 5. The van der Waals surface area contributed by atoms with Crippen LogP contribution >= 0.6 is 11.6 Å². The van der Waals surface area contributed by atoms with Crippen molar-refractivity contribution in [3.63, 3.8) is 0 Å². The van der Waals surface area contributed by atoms with E-state index in [4.69, 9.17) is 11.6 Å². The van der Waals surface area contributed by atoms with E-state index in [2.05, 4.69) is 15.8 Å². The molecule has 0 spiro atoms. The molecule has 2 N–H and O–H groups in total. The molecular weight excluding hydrogens is 474 g/mol. The number of halogens is 1. The number of hydrazine groups is 1. The number of carbonyl (C=O) groups excluding carboxylic acids is 2. The molecule has 9 heteroatoms. The second-order valence-corrected chi connectivity index (χ2v) is 10.3. The molecule has 0 saturated carbocycles. The lowest BCUT2D eigenvalue weighted by molar-refractivity contribution is 0.0847. The molecule has 4 rings (SSSR count). The molecule has 0 atom stereocenters. The Hall–Kier alpha value is -3.75. The molecule has 0 radical (unpaired) electrons. The molecule has 1 aromatic heterocycles. The second kappa shape index (κ2) is 9.62. The summed E-state index contributed by atoms with van der Waals surface area (Å²) >= 11 is 6.33. The van der Waals surface area contributed by atoms with E-state index in [0.717, 1.165) is 6.26 Å². The fraction of sp³-hybridized carbons (Fsp3) is 0.0800. The summed E-state index contributed by atoms with van der Waals surface area (Å²) in [5.74, 6) is -1.30. The van der Waals surface area contributed by atoms with Gasteiger partial charge in [-0.1, -0.05) is 60.1 Å². The topological polar surface area (TPSA) is 105 Å². The molecule has 0 aliphatic rings. The third-order valence-corrected chi connectivity index (χ3v) is 6.21. The minimum Gasteiger partial charge on any atom is -0.267 e. The van der Waals surface area contributed by atoms with E-state index in [9.17, 15) is 18.0 Å². The summed E-state index contributed by atoms with van der Waals surface area (Å²) in [6.07, 6.45) is 1.12. The van der Waals surface area contributed by atoms with Crippen LogP contribution in [-0.2, 0) is 15.6 Å². The van der Waals surface area contributed by atoms with Crippen molar-refractivity contribution in [1.82, 2.24) is 15.8 Å². The quantitative estimate of drug-likeness (QED) is 0.406. The van der Waals surface area contributed by atoms with Gasteiger partial charge in [0.25, 0.3) is 11.8 Å². The monoisotopic (exact) mass is 493 g/mol. The average molecular weight is 494 g/mol. The van der Waals surface area contributed by atoms with Crippen molar-refractivity contribution in [3.8, 4) is 11.3 Å². The predicted octanol–water partition coefficient (Wildman–Crippen LogP) is 4.17. The van der Waals surface area contributed by atoms with Gasteiger partial charge < -0.3 is 0 Å². The predicted molar refractivity (Wildman–Crippen MR) is 132 cm³/mol. The Balaban J connectivity index is 1.59. The molecular formula is C25H20ClN3O4S. The van der Waals surface area contributed by atoms with Gasteiger partial charge in [-0.3, -0.25) is 20.4 Å². The van der Waals surface area contributed by atoms with E-state index in [0.29, 0.717) is 38.3 Å². The van der Waals surface area contributed by atoms with Gasteiger partial charge in [-0.05, 0) is 35.9 Å². The summed E-state index contributed by atoms with van der Waals surface area (Å²) < 4.78 is 23.1. The first-order chi connectivity index (χ1) is 16.2. The Morgan fingerprint density at radius 1 is 0.882 bits per heavy atom. The van der Waals surface area contributed by atoms with Crippen LogP contribution in [0, 0.1) is 0 Å². The molecule has 0 saturated heterocycles. The molecule has 1 heterocycles. The van der Waals surface area contributed by atoms with Crippen molar-refractivity contribution in [2.75, 3.05) is 6.26 Å². The van der Waals surface area contributed by atoms with Gasteiger partial charge in [-0.2, -0.15) is 0 Å². The first-order valence-electron chi connectivity index (χ1n) is 10.2. The van der Waals surface area contributed by atoms with Crippen LogP contribution in [0.25, 0.3) is 22.2 Å². The van der Waals surface area contributed by atoms with E-state index in [1.165, 1.54) is 12.1 Å². The molecule has 0 fully saturated rings. The molecule has 172 valence electrons. The van der Waals surface area contributed by atoms with E-state index >= 15 is 0 Å². The summed E-state index contributed by atoms with van der Waals surface area (Å²) in [5.41, 5.74) is 7.63. The molecule has 0 aliphatic heterocycles. The molecule has 0 aliphatic carbocycles. The number of nitrogens with one attached hydrogen (secondary N) is 2. The van der Waals surface area contributed by atoms with Crippen molar-refractivity contribution in [2.24, 2.45) is 0 Å². The summed E-state index contributed by atoms with van der Waals surface area (Å²) in [6.45, 7) is 0. The van der Waals surface area contributed by atoms with Gasteiger partial charge in [0, 0.05) is 27.8 Å². The fourth-order valence-corrected chi connectivity index (χ4v) is 4.55. The Morgan fingerprint density at radius 2 is 1.59 bits per heavy atom. The van der Waals surface area contributed by atoms with Crippen LogP contribution in [0.15, 0.2) is 78.9 Å². The SMILES string of the molecule is CS(=O)(=O)Cc1cccc(C(=O)NNC(=O)c2cc(-c3ccccc3Cl)nc3ccccc23)c1. The van der Waals surface area contributed by atoms with Crippen LogP contribution in [0.2, 0.25) is 5.02 Å². The van der Waals surface area contributed by atoms with Gasteiger partial charge in [0.2, 0.25) is 0 Å². The molecule has 0 unspecified atom stereocenters. The number of fused-ring (bicyclic) bond motifs is 1. The van der Waals surface area contributed by atoms with E-state index in [-0.39, 0.29) is 11.3 Å². The number of hydrogen-bond donors (Lipinski definition) is 2. The van der Waals surface area contributed by atoms with Crippen LogP contribution in [0.1, 0.15) is 26.3 Å². The highest BCUT2D eigenvalue weighted by Gasteiger charge is 2.16. The lowest BCUT2D eigenvalue weighted by atomic mass is 10.0. The first kappa shape index (κ1) is 23.4.